The van der Waals surface area contributed by atoms with Crippen LogP contribution in [0.1, 0.15) is 20.3 Å². The van der Waals surface area contributed by atoms with E-state index in [4.69, 9.17) is 5.73 Å². The molecule has 1 unspecified atom stereocenters. The summed E-state index contributed by atoms with van der Waals surface area (Å²) in [6.45, 7) is 4.41. The number of nitrogens with two attached hydrogens (primary N) is 1. The van der Waals surface area contributed by atoms with Gasteiger partial charge in [-0.05, 0) is 12.3 Å². The Hall–Kier alpha value is -2.42. The van der Waals surface area contributed by atoms with Gasteiger partial charge in [0.2, 0.25) is 5.91 Å². The van der Waals surface area contributed by atoms with Crippen LogP contribution >= 0.6 is 0 Å². The minimum atomic E-state index is -0.476. The van der Waals surface area contributed by atoms with Crippen molar-refractivity contribution in [2.45, 2.75) is 32.9 Å². The van der Waals surface area contributed by atoms with Gasteiger partial charge in [-0.15, -0.1) is 0 Å². The predicted molar refractivity (Wildman–Crippen MR) is 90.7 cm³/mol. The smallest absolute Gasteiger partial charge is 0.332 e. The Kier molecular flexibility index (Phi) is 5.23. The SMILES string of the molecule is CC(C)CC(CN)NC(=O)Cn1cnc2c1c(=O)n(C)c(=O)n2C. The third-order valence-corrected chi connectivity index (χ3v) is 3.94. The zero-order valence-electron chi connectivity index (χ0n) is 14.4. The lowest BCUT2D eigenvalue weighted by molar-refractivity contribution is -0.122. The van der Waals surface area contributed by atoms with E-state index in [9.17, 15) is 14.4 Å². The van der Waals surface area contributed by atoms with Crippen LogP contribution in [0.2, 0.25) is 0 Å². The lowest BCUT2D eigenvalue weighted by atomic mass is 10.0. The number of rotatable bonds is 6. The van der Waals surface area contributed by atoms with E-state index in [1.165, 1.54) is 29.6 Å². The van der Waals surface area contributed by atoms with Gasteiger partial charge >= 0.3 is 5.69 Å². The highest BCUT2D eigenvalue weighted by Gasteiger charge is 2.17. The average molecular weight is 336 g/mol. The van der Waals surface area contributed by atoms with Crippen LogP contribution in [-0.4, -0.2) is 37.2 Å². The Balaban J connectivity index is 2.29. The number of fused-ring (bicyclic) bond motifs is 1. The first-order valence-electron chi connectivity index (χ1n) is 7.86. The van der Waals surface area contributed by atoms with Crippen molar-refractivity contribution >= 4 is 17.1 Å². The lowest BCUT2D eigenvalue weighted by Crippen LogP contribution is -2.43. The van der Waals surface area contributed by atoms with Gasteiger partial charge in [0, 0.05) is 26.7 Å². The number of aryl methyl sites for hydroxylation is 1. The summed E-state index contributed by atoms with van der Waals surface area (Å²) in [6.07, 6.45) is 2.17. The van der Waals surface area contributed by atoms with E-state index >= 15 is 0 Å². The molecule has 2 aromatic heterocycles. The monoisotopic (exact) mass is 336 g/mol. The van der Waals surface area contributed by atoms with Gasteiger partial charge < -0.3 is 15.6 Å². The average Bonchev–Trinajstić information content (AvgIpc) is 2.93. The van der Waals surface area contributed by atoms with Crippen molar-refractivity contribution < 1.29 is 4.79 Å². The van der Waals surface area contributed by atoms with Crippen LogP contribution in [-0.2, 0) is 25.4 Å². The molecule has 0 radical (unpaired) electrons. The molecule has 132 valence electrons. The molecule has 0 aromatic carbocycles. The number of carbonyl (C=O) groups is 1. The molecule has 24 heavy (non-hydrogen) atoms. The highest BCUT2D eigenvalue weighted by molar-refractivity contribution is 5.79. The molecule has 9 nitrogen and oxygen atoms in total. The molecule has 0 bridgehead atoms. The van der Waals surface area contributed by atoms with Gasteiger partial charge in [-0.2, -0.15) is 0 Å². The first-order chi connectivity index (χ1) is 11.3. The molecule has 3 N–H and O–H groups in total. The molecule has 0 fully saturated rings. The van der Waals surface area contributed by atoms with Crippen molar-refractivity contribution in [2.75, 3.05) is 6.54 Å². The summed E-state index contributed by atoms with van der Waals surface area (Å²) in [7, 11) is 2.93. The minimum absolute atomic E-state index is 0.0570. The van der Waals surface area contributed by atoms with Gasteiger partial charge in [0.05, 0.1) is 6.33 Å². The molecular weight excluding hydrogens is 312 g/mol. The Morgan fingerprint density at radius 3 is 2.54 bits per heavy atom. The molecule has 2 heterocycles. The number of nitrogens with one attached hydrogen (secondary N) is 1. The van der Waals surface area contributed by atoms with Crippen LogP contribution in [0.3, 0.4) is 0 Å². The van der Waals surface area contributed by atoms with E-state index in [-0.39, 0.29) is 29.7 Å². The van der Waals surface area contributed by atoms with Crippen LogP contribution in [0.4, 0.5) is 0 Å². The first-order valence-corrected chi connectivity index (χ1v) is 7.86. The van der Waals surface area contributed by atoms with E-state index in [1.54, 1.807) is 0 Å². The topological polar surface area (TPSA) is 117 Å². The third kappa shape index (κ3) is 3.40. The molecule has 1 atom stereocenters. The van der Waals surface area contributed by atoms with Gasteiger partial charge in [0.15, 0.2) is 11.2 Å². The minimum Gasteiger partial charge on any atom is -0.351 e. The second kappa shape index (κ2) is 7.00. The highest BCUT2D eigenvalue weighted by Crippen LogP contribution is 2.06. The van der Waals surface area contributed by atoms with Crippen LogP contribution in [0.25, 0.3) is 11.2 Å². The van der Waals surface area contributed by atoms with Crippen LogP contribution in [0.5, 0.6) is 0 Å². The second-order valence-corrected chi connectivity index (χ2v) is 6.38. The summed E-state index contributed by atoms with van der Waals surface area (Å²) < 4.78 is 3.74. The van der Waals surface area contributed by atoms with Crippen molar-refractivity contribution in [3.05, 3.63) is 27.2 Å². The van der Waals surface area contributed by atoms with Crippen molar-refractivity contribution in [2.24, 2.45) is 25.7 Å². The normalized spacial score (nSPS) is 12.8. The van der Waals surface area contributed by atoms with Gasteiger partial charge in [0.1, 0.15) is 6.54 Å². The van der Waals surface area contributed by atoms with Gasteiger partial charge in [-0.1, -0.05) is 13.8 Å². The summed E-state index contributed by atoms with van der Waals surface area (Å²) in [5.74, 6) is 0.163. The Morgan fingerprint density at radius 2 is 1.96 bits per heavy atom. The maximum absolute atomic E-state index is 12.3. The maximum atomic E-state index is 12.3. The third-order valence-electron chi connectivity index (χ3n) is 3.94. The molecular formula is C15H24N6O3. The second-order valence-electron chi connectivity index (χ2n) is 6.38. The molecule has 0 aliphatic carbocycles. The number of hydrogen-bond donors (Lipinski definition) is 2. The predicted octanol–water partition coefficient (Wildman–Crippen LogP) is -1.08. The van der Waals surface area contributed by atoms with E-state index in [0.29, 0.717) is 12.5 Å². The van der Waals surface area contributed by atoms with Gasteiger partial charge in [-0.3, -0.25) is 18.7 Å². The molecule has 9 heteroatoms. The largest absolute Gasteiger partial charge is 0.351 e. The quantitative estimate of drug-likeness (QED) is 0.696. The molecule has 0 aliphatic heterocycles. The van der Waals surface area contributed by atoms with Crippen molar-refractivity contribution in [3.8, 4) is 0 Å². The Bertz CT molecular complexity index is 860. The van der Waals surface area contributed by atoms with Crippen molar-refractivity contribution in [1.29, 1.82) is 0 Å². The van der Waals surface area contributed by atoms with Crippen molar-refractivity contribution in [1.82, 2.24) is 24.0 Å². The standard InChI is InChI=1S/C15H24N6O3/c1-9(2)5-10(6-16)18-11(22)7-21-8-17-13-12(21)14(23)20(4)15(24)19(13)3/h8-10H,5-7,16H2,1-4H3,(H,18,22). The molecule has 0 spiro atoms. The fourth-order valence-corrected chi connectivity index (χ4v) is 2.73. The molecule has 0 aliphatic rings. The molecule has 2 rings (SSSR count). The Labute approximate surface area is 139 Å². The molecule has 0 saturated carbocycles. The first kappa shape index (κ1) is 17.9. The fourth-order valence-electron chi connectivity index (χ4n) is 2.73. The van der Waals surface area contributed by atoms with Crippen LogP contribution in [0, 0.1) is 5.92 Å². The highest BCUT2D eigenvalue weighted by atomic mass is 16.2. The molecule has 1 amide bonds. The Morgan fingerprint density at radius 1 is 1.29 bits per heavy atom. The number of aromatic nitrogens is 4. The summed E-state index contributed by atoms with van der Waals surface area (Å²) in [5.41, 5.74) is 5.24. The van der Waals surface area contributed by atoms with Gasteiger partial charge in [-0.25, -0.2) is 9.78 Å². The zero-order valence-corrected chi connectivity index (χ0v) is 14.4. The summed E-state index contributed by atoms with van der Waals surface area (Å²) in [5, 5.41) is 2.87. The molecule has 2 aromatic rings. The number of nitrogens with zero attached hydrogens (tertiary/aromatic N) is 4. The summed E-state index contributed by atoms with van der Waals surface area (Å²) >= 11 is 0. The van der Waals surface area contributed by atoms with Crippen molar-refractivity contribution in [3.63, 3.8) is 0 Å². The number of amides is 1. The van der Waals surface area contributed by atoms with E-state index in [2.05, 4.69) is 24.1 Å². The van der Waals surface area contributed by atoms with E-state index in [1.807, 2.05) is 0 Å². The zero-order chi connectivity index (χ0) is 18.0. The summed E-state index contributed by atoms with van der Waals surface area (Å²) in [6, 6.07) is -0.112. The van der Waals surface area contributed by atoms with Crippen LogP contribution < -0.4 is 22.3 Å². The summed E-state index contributed by atoms with van der Waals surface area (Å²) in [4.78, 5) is 40.6. The number of carbonyl (C=O) groups excluding carboxylic acids is 1. The van der Waals surface area contributed by atoms with Gasteiger partial charge in [0.25, 0.3) is 5.56 Å². The lowest BCUT2D eigenvalue weighted by Gasteiger charge is -2.19. The number of imidazole rings is 1. The van der Waals surface area contributed by atoms with E-state index < -0.39 is 11.2 Å². The van der Waals surface area contributed by atoms with E-state index in [0.717, 1.165) is 11.0 Å². The fraction of sp³-hybridized carbons (Fsp3) is 0.600. The number of hydrogen-bond acceptors (Lipinski definition) is 5. The maximum Gasteiger partial charge on any atom is 0.332 e. The van der Waals surface area contributed by atoms with Crippen LogP contribution in [0.15, 0.2) is 15.9 Å². The molecule has 0 saturated heterocycles.